The maximum atomic E-state index is 13.0. The molecule has 1 saturated heterocycles. The Morgan fingerprint density at radius 1 is 1.00 bits per heavy atom. The first kappa shape index (κ1) is 21.5. The van der Waals surface area contributed by atoms with E-state index in [2.05, 4.69) is 24.1 Å². The summed E-state index contributed by atoms with van der Waals surface area (Å²) in [5, 5.41) is 2.88. The van der Waals surface area contributed by atoms with Crippen LogP contribution in [0.25, 0.3) is 0 Å². The molecule has 3 rings (SSSR count). The van der Waals surface area contributed by atoms with Crippen molar-refractivity contribution in [2.75, 3.05) is 38.5 Å². The molecule has 2 aromatic rings. The lowest BCUT2D eigenvalue weighted by molar-refractivity contribution is 0.102. The minimum Gasteiger partial charge on any atom is -0.322 e. The number of hydrogen-bond donors (Lipinski definition) is 1. The van der Waals surface area contributed by atoms with E-state index in [1.807, 2.05) is 38.2 Å². The van der Waals surface area contributed by atoms with Crippen LogP contribution < -0.4 is 5.32 Å². The van der Waals surface area contributed by atoms with E-state index in [1.54, 1.807) is 12.1 Å². The molecule has 0 radical (unpaired) electrons. The van der Waals surface area contributed by atoms with Gasteiger partial charge in [-0.05, 0) is 55.3 Å². The second-order valence-electron chi connectivity index (χ2n) is 7.91. The molecule has 1 aliphatic heterocycles. The molecule has 0 atom stereocenters. The molecule has 156 valence electrons. The lowest BCUT2D eigenvalue weighted by Crippen LogP contribution is -2.47. The first-order chi connectivity index (χ1) is 13.7. The van der Waals surface area contributed by atoms with Crippen molar-refractivity contribution >= 4 is 21.6 Å². The molecule has 6 nitrogen and oxygen atoms in total. The number of benzene rings is 2. The Morgan fingerprint density at radius 2 is 1.62 bits per heavy atom. The molecule has 1 amide bonds. The van der Waals surface area contributed by atoms with Gasteiger partial charge in [0.15, 0.2) is 0 Å². The predicted molar refractivity (Wildman–Crippen MR) is 116 cm³/mol. The van der Waals surface area contributed by atoms with Gasteiger partial charge in [0.25, 0.3) is 5.91 Å². The number of hydrogen-bond acceptors (Lipinski definition) is 4. The van der Waals surface area contributed by atoms with E-state index < -0.39 is 10.0 Å². The van der Waals surface area contributed by atoms with Gasteiger partial charge in [-0.3, -0.25) is 4.79 Å². The Bertz CT molecular complexity index is 977. The number of amides is 1. The van der Waals surface area contributed by atoms with Crippen molar-refractivity contribution in [2.24, 2.45) is 0 Å². The fourth-order valence-electron chi connectivity index (χ4n) is 3.33. The molecular weight excluding hydrogens is 386 g/mol. The molecule has 1 N–H and O–H groups in total. The van der Waals surface area contributed by atoms with E-state index >= 15 is 0 Å². The molecule has 1 heterocycles. The van der Waals surface area contributed by atoms with Gasteiger partial charge in [-0.2, -0.15) is 4.31 Å². The van der Waals surface area contributed by atoms with Crippen LogP contribution in [-0.2, 0) is 10.0 Å². The van der Waals surface area contributed by atoms with Gasteiger partial charge >= 0.3 is 0 Å². The van der Waals surface area contributed by atoms with Crippen LogP contribution in [-0.4, -0.2) is 56.8 Å². The van der Waals surface area contributed by atoms with E-state index in [0.29, 0.717) is 43.3 Å². The molecule has 0 aliphatic carbocycles. The number of anilines is 1. The molecular formula is C22H29N3O3S. The van der Waals surface area contributed by atoms with Gasteiger partial charge in [0, 0.05) is 37.4 Å². The Labute approximate surface area is 173 Å². The number of nitrogens with one attached hydrogen (secondary N) is 1. The van der Waals surface area contributed by atoms with E-state index in [-0.39, 0.29) is 10.8 Å². The maximum absolute atomic E-state index is 13.0. The van der Waals surface area contributed by atoms with Crippen LogP contribution >= 0.6 is 0 Å². The molecule has 7 heteroatoms. The molecule has 0 saturated carbocycles. The van der Waals surface area contributed by atoms with Crippen LogP contribution in [0, 0.1) is 6.92 Å². The highest BCUT2D eigenvalue weighted by Gasteiger charge is 2.28. The number of likely N-dealkylation sites (N-methyl/N-ethyl adjacent to an activating group) is 1. The van der Waals surface area contributed by atoms with Crippen LogP contribution in [0.1, 0.15) is 41.3 Å². The Hall–Kier alpha value is -2.22. The summed E-state index contributed by atoms with van der Waals surface area (Å²) in [7, 11) is -1.64. The van der Waals surface area contributed by atoms with E-state index in [4.69, 9.17) is 0 Å². The molecule has 2 aromatic carbocycles. The van der Waals surface area contributed by atoms with Crippen molar-refractivity contribution in [1.82, 2.24) is 9.21 Å². The average molecular weight is 416 g/mol. The summed E-state index contributed by atoms with van der Waals surface area (Å²) in [5.41, 5.74) is 2.98. The average Bonchev–Trinajstić information content (AvgIpc) is 2.68. The summed E-state index contributed by atoms with van der Waals surface area (Å²) in [6.07, 6.45) is 0. The van der Waals surface area contributed by atoms with Crippen molar-refractivity contribution in [3.63, 3.8) is 0 Å². The van der Waals surface area contributed by atoms with Gasteiger partial charge in [0.2, 0.25) is 10.0 Å². The third kappa shape index (κ3) is 4.86. The zero-order valence-electron chi connectivity index (χ0n) is 17.5. The second kappa shape index (κ2) is 8.65. The van der Waals surface area contributed by atoms with Gasteiger partial charge in [-0.15, -0.1) is 0 Å². The lowest BCUT2D eigenvalue weighted by atomic mass is 10.0. The normalized spacial score (nSPS) is 16.2. The number of sulfonamides is 1. The summed E-state index contributed by atoms with van der Waals surface area (Å²) in [6, 6.07) is 12.5. The van der Waals surface area contributed by atoms with Crippen molar-refractivity contribution < 1.29 is 13.2 Å². The van der Waals surface area contributed by atoms with Crippen LogP contribution in [0.15, 0.2) is 47.4 Å². The predicted octanol–water partition coefficient (Wildman–Crippen LogP) is 3.31. The van der Waals surface area contributed by atoms with Crippen LogP contribution in [0.3, 0.4) is 0 Å². The molecule has 29 heavy (non-hydrogen) atoms. The number of carbonyl (C=O) groups is 1. The number of carbonyl (C=O) groups excluding carboxylic acids is 1. The molecule has 1 aliphatic rings. The van der Waals surface area contributed by atoms with Crippen LogP contribution in [0.4, 0.5) is 5.69 Å². The van der Waals surface area contributed by atoms with Crippen molar-refractivity contribution in [3.05, 3.63) is 59.2 Å². The first-order valence-corrected chi connectivity index (χ1v) is 11.3. The van der Waals surface area contributed by atoms with Crippen molar-refractivity contribution in [3.8, 4) is 0 Å². The SMILES string of the molecule is Cc1ccc(S(=O)(=O)N2CCN(C)CC2)cc1C(=O)Nc1ccc(C(C)C)cc1. The number of aryl methyl sites for hydroxylation is 1. The maximum Gasteiger partial charge on any atom is 0.255 e. The first-order valence-electron chi connectivity index (χ1n) is 9.89. The van der Waals surface area contributed by atoms with Gasteiger partial charge in [0.05, 0.1) is 4.90 Å². The van der Waals surface area contributed by atoms with E-state index in [0.717, 1.165) is 5.56 Å². The van der Waals surface area contributed by atoms with Gasteiger partial charge in [-0.25, -0.2) is 8.42 Å². The summed E-state index contributed by atoms with van der Waals surface area (Å²) in [5.74, 6) is 0.105. The minimum absolute atomic E-state index is 0.160. The van der Waals surface area contributed by atoms with E-state index in [9.17, 15) is 13.2 Å². The topological polar surface area (TPSA) is 69.7 Å². The summed E-state index contributed by atoms with van der Waals surface area (Å²) < 4.78 is 27.5. The highest BCUT2D eigenvalue weighted by molar-refractivity contribution is 7.89. The lowest BCUT2D eigenvalue weighted by Gasteiger charge is -2.31. The van der Waals surface area contributed by atoms with Gasteiger partial charge in [-0.1, -0.05) is 32.0 Å². The zero-order valence-corrected chi connectivity index (χ0v) is 18.3. The van der Waals surface area contributed by atoms with Crippen molar-refractivity contribution in [2.45, 2.75) is 31.6 Å². The fraction of sp³-hybridized carbons (Fsp3) is 0.409. The minimum atomic E-state index is -3.62. The standard InChI is InChI=1S/C22H29N3O3S/c1-16(2)18-6-8-19(9-7-18)23-22(26)21-15-20(10-5-17(21)3)29(27,28)25-13-11-24(4)12-14-25/h5-10,15-16H,11-14H2,1-4H3,(H,23,26). The number of nitrogens with zero attached hydrogens (tertiary/aromatic N) is 2. The van der Waals surface area contributed by atoms with Gasteiger partial charge in [0.1, 0.15) is 0 Å². The van der Waals surface area contributed by atoms with Crippen molar-refractivity contribution in [1.29, 1.82) is 0 Å². The highest BCUT2D eigenvalue weighted by atomic mass is 32.2. The summed E-state index contributed by atoms with van der Waals surface area (Å²) in [4.78, 5) is 15.1. The smallest absolute Gasteiger partial charge is 0.255 e. The van der Waals surface area contributed by atoms with E-state index in [1.165, 1.54) is 15.9 Å². The Morgan fingerprint density at radius 3 is 2.21 bits per heavy atom. The molecule has 0 unspecified atom stereocenters. The third-order valence-electron chi connectivity index (χ3n) is 5.39. The monoisotopic (exact) mass is 415 g/mol. The molecule has 0 aromatic heterocycles. The summed E-state index contributed by atoms with van der Waals surface area (Å²) >= 11 is 0. The highest BCUT2D eigenvalue weighted by Crippen LogP contribution is 2.22. The molecule has 0 spiro atoms. The Kier molecular flexibility index (Phi) is 6.41. The second-order valence-corrected chi connectivity index (χ2v) is 9.85. The largest absolute Gasteiger partial charge is 0.322 e. The van der Waals surface area contributed by atoms with Crippen LogP contribution in [0.2, 0.25) is 0 Å². The summed E-state index contributed by atoms with van der Waals surface area (Å²) in [6.45, 7) is 8.35. The quantitative estimate of drug-likeness (QED) is 0.813. The van der Waals surface area contributed by atoms with Gasteiger partial charge < -0.3 is 10.2 Å². The third-order valence-corrected chi connectivity index (χ3v) is 7.28. The Balaban J connectivity index is 1.82. The fourth-order valence-corrected chi connectivity index (χ4v) is 4.78. The number of rotatable bonds is 5. The zero-order chi connectivity index (χ0) is 21.2. The molecule has 0 bridgehead atoms. The molecule has 1 fully saturated rings. The number of piperazine rings is 1. The van der Waals surface area contributed by atoms with Crippen LogP contribution in [0.5, 0.6) is 0 Å².